The molecule has 1 atom stereocenters. The number of hydrogen-bond acceptors (Lipinski definition) is 2. The van der Waals surface area contributed by atoms with Crippen LogP contribution in [0.3, 0.4) is 0 Å². The summed E-state index contributed by atoms with van der Waals surface area (Å²) in [6.07, 6.45) is 22.2. The summed E-state index contributed by atoms with van der Waals surface area (Å²) in [5.74, 6) is 0. The van der Waals surface area contributed by atoms with E-state index in [1.54, 1.807) is 0 Å². The zero-order valence-electron chi connectivity index (χ0n) is 14.8. The fourth-order valence-electron chi connectivity index (χ4n) is 3.07. The summed E-state index contributed by atoms with van der Waals surface area (Å²) in [4.78, 5) is 4.73. The molecule has 0 N–H and O–H groups in total. The van der Waals surface area contributed by atoms with Crippen molar-refractivity contribution in [2.45, 2.75) is 97.1 Å². The maximum absolute atomic E-state index is 2.45. The molecule has 0 radical (unpaired) electrons. The van der Waals surface area contributed by atoms with Gasteiger partial charge in [-0.2, -0.15) is 0 Å². The Bertz CT molecular complexity index is 262. The Labute approximate surface area is 133 Å². The second-order valence-electron chi connectivity index (χ2n) is 6.72. The summed E-state index contributed by atoms with van der Waals surface area (Å²) in [6.45, 7) is 5.79. The minimum atomic E-state index is 0.553. The predicted molar refractivity (Wildman–Crippen MR) is 94.1 cm³/mol. The van der Waals surface area contributed by atoms with E-state index < -0.39 is 0 Å². The van der Waals surface area contributed by atoms with E-state index in [2.05, 4.69) is 43.1 Å². The van der Waals surface area contributed by atoms with Gasteiger partial charge in [-0.1, -0.05) is 77.6 Å². The van der Waals surface area contributed by atoms with Crippen LogP contribution in [0.15, 0.2) is 12.4 Å². The van der Waals surface area contributed by atoms with Crippen molar-refractivity contribution in [3.63, 3.8) is 0 Å². The molecule has 1 aliphatic rings. The molecule has 0 spiro atoms. The first kappa shape index (κ1) is 18.4. The summed E-state index contributed by atoms with van der Waals surface area (Å²) in [7, 11) is 2.16. The third-order valence-electron chi connectivity index (χ3n) is 4.83. The van der Waals surface area contributed by atoms with Gasteiger partial charge < -0.3 is 9.80 Å². The second kappa shape index (κ2) is 11.9. The number of nitrogens with zero attached hydrogens (tertiary/aromatic N) is 2. The highest BCUT2D eigenvalue weighted by Crippen LogP contribution is 2.15. The number of unbranched alkanes of at least 4 members (excludes halogenated alkanes) is 11. The average molecular weight is 295 g/mol. The third-order valence-corrected chi connectivity index (χ3v) is 4.83. The first-order valence-electron chi connectivity index (χ1n) is 9.41. The van der Waals surface area contributed by atoms with E-state index in [0.717, 1.165) is 0 Å². The lowest BCUT2D eigenvalue weighted by atomic mass is 10.1. The van der Waals surface area contributed by atoms with Gasteiger partial charge >= 0.3 is 0 Å². The van der Waals surface area contributed by atoms with Gasteiger partial charge in [-0.3, -0.25) is 0 Å². The molecule has 1 rings (SSSR count). The molecular formula is C19H38N2. The topological polar surface area (TPSA) is 6.48 Å². The van der Waals surface area contributed by atoms with Gasteiger partial charge in [0, 0.05) is 26.0 Å². The van der Waals surface area contributed by atoms with Crippen LogP contribution in [0.5, 0.6) is 0 Å². The molecule has 124 valence electrons. The maximum Gasteiger partial charge on any atom is 0.0974 e. The van der Waals surface area contributed by atoms with Gasteiger partial charge in [-0.25, -0.2) is 0 Å². The fraction of sp³-hybridized carbons (Fsp3) is 0.895. The van der Waals surface area contributed by atoms with Crippen molar-refractivity contribution >= 4 is 0 Å². The highest BCUT2D eigenvalue weighted by molar-refractivity contribution is 4.93. The molecule has 0 aromatic rings. The molecule has 0 aromatic heterocycles. The summed E-state index contributed by atoms with van der Waals surface area (Å²) in [6, 6.07) is 0. The Hall–Kier alpha value is -0.660. The van der Waals surface area contributed by atoms with Crippen molar-refractivity contribution in [1.29, 1.82) is 0 Å². The average Bonchev–Trinajstić information content (AvgIpc) is 2.80. The van der Waals surface area contributed by atoms with E-state index in [0.29, 0.717) is 6.17 Å². The second-order valence-corrected chi connectivity index (χ2v) is 6.72. The van der Waals surface area contributed by atoms with E-state index in [4.69, 9.17) is 0 Å². The van der Waals surface area contributed by atoms with Crippen molar-refractivity contribution in [1.82, 2.24) is 9.80 Å². The Morgan fingerprint density at radius 3 is 1.62 bits per heavy atom. The van der Waals surface area contributed by atoms with Crippen molar-refractivity contribution < 1.29 is 0 Å². The molecule has 1 unspecified atom stereocenters. The number of rotatable bonds is 13. The van der Waals surface area contributed by atoms with E-state index in [1.165, 1.54) is 83.6 Å². The zero-order chi connectivity index (χ0) is 15.3. The normalized spacial score (nSPS) is 18.0. The van der Waals surface area contributed by atoms with Crippen LogP contribution in [0.4, 0.5) is 0 Å². The van der Waals surface area contributed by atoms with Crippen molar-refractivity contribution in [2.24, 2.45) is 0 Å². The van der Waals surface area contributed by atoms with Crippen molar-refractivity contribution in [3.05, 3.63) is 12.4 Å². The van der Waals surface area contributed by atoms with Crippen molar-refractivity contribution in [3.8, 4) is 0 Å². The van der Waals surface area contributed by atoms with Crippen LogP contribution < -0.4 is 0 Å². The van der Waals surface area contributed by atoms with Crippen LogP contribution in [0.25, 0.3) is 0 Å². The largest absolute Gasteiger partial charge is 0.359 e. The molecule has 0 bridgehead atoms. The molecule has 0 saturated carbocycles. The summed E-state index contributed by atoms with van der Waals surface area (Å²) >= 11 is 0. The Kier molecular flexibility index (Phi) is 10.5. The lowest BCUT2D eigenvalue weighted by Crippen LogP contribution is -2.34. The molecule has 2 heteroatoms. The molecule has 0 aliphatic carbocycles. The predicted octanol–water partition coefficient (Wildman–Crippen LogP) is 5.75. The first-order chi connectivity index (χ1) is 10.3. The van der Waals surface area contributed by atoms with Crippen molar-refractivity contribution in [2.75, 3.05) is 13.6 Å². The third kappa shape index (κ3) is 8.38. The maximum atomic E-state index is 2.45. The highest BCUT2D eigenvalue weighted by Gasteiger charge is 2.17. The Morgan fingerprint density at radius 1 is 0.714 bits per heavy atom. The van der Waals surface area contributed by atoms with Crippen LogP contribution in [-0.2, 0) is 0 Å². The number of hydrogen-bond donors (Lipinski definition) is 0. The Balaban J connectivity index is 1.78. The van der Waals surface area contributed by atoms with E-state index in [1.807, 2.05) is 0 Å². The standard InChI is InChI=1S/C19H38N2/c1-4-5-6-7-8-9-10-11-12-13-14-15-16-21-18-17-20(3)19(21)2/h17-19H,4-16H2,1-3H3. The summed E-state index contributed by atoms with van der Waals surface area (Å²) < 4.78 is 0. The van der Waals surface area contributed by atoms with Gasteiger partial charge in [0.15, 0.2) is 0 Å². The van der Waals surface area contributed by atoms with E-state index in [9.17, 15) is 0 Å². The molecule has 0 fully saturated rings. The molecule has 21 heavy (non-hydrogen) atoms. The fourth-order valence-corrected chi connectivity index (χ4v) is 3.07. The molecule has 1 heterocycles. The van der Waals surface area contributed by atoms with E-state index in [-0.39, 0.29) is 0 Å². The van der Waals surface area contributed by atoms with Gasteiger partial charge in [0.1, 0.15) is 0 Å². The Morgan fingerprint density at radius 2 is 1.19 bits per heavy atom. The van der Waals surface area contributed by atoms with Gasteiger partial charge in [0.2, 0.25) is 0 Å². The lowest BCUT2D eigenvalue weighted by Gasteiger charge is -2.26. The SMILES string of the molecule is CCCCCCCCCCCCCCN1C=CN(C)C1C. The summed E-state index contributed by atoms with van der Waals surface area (Å²) in [5.41, 5.74) is 0. The monoisotopic (exact) mass is 294 g/mol. The van der Waals surface area contributed by atoms with Gasteiger partial charge in [0.25, 0.3) is 0 Å². The quantitative estimate of drug-likeness (QED) is 0.399. The van der Waals surface area contributed by atoms with Crippen LogP contribution in [-0.4, -0.2) is 29.6 Å². The smallest absolute Gasteiger partial charge is 0.0974 e. The molecule has 1 aliphatic heterocycles. The molecular weight excluding hydrogens is 256 g/mol. The van der Waals surface area contributed by atoms with Crippen LogP contribution in [0, 0.1) is 0 Å². The van der Waals surface area contributed by atoms with Crippen LogP contribution in [0.1, 0.15) is 90.9 Å². The van der Waals surface area contributed by atoms with Gasteiger partial charge in [0.05, 0.1) is 6.17 Å². The van der Waals surface area contributed by atoms with E-state index >= 15 is 0 Å². The molecule has 0 amide bonds. The lowest BCUT2D eigenvalue weighted by molar-refractivity contribution is 0.192. The molecule has 0 saturated heterocycles. The minimum Gasteiger partial charge on any atom is -0.359 e. The van der Waals surface area contributed by atoms with Crippen LogP contribution in [0.2, 0.25) is 0 Å². The van der Waals surface area contributed by atoms with Crippen LogP contribution >= 0.6 is 0 Å². The molecule has 2 nitrogen and oxygen atoms in total. The van der Waals surface area contributed by atoms with Gasteiger partial charge in [-0.05, 0) is 13.3 Å². The summed E-state index contributed by atoms with van der Waals surface area (Å²) in [5, 5.41) is 0. The van der Waals surface area contributed by atoms with Gasteiger partial charge in [-0.15, -0.1) is 0 Å². The minimum absolute atomic E-state index is 0.553. The first-order valence-corrected chi connectivity index (χ1v) is 9.41. The molecule has 0 aromatic carbocycles. The zero-order valence-corrected chi connectivity index (χ0v) is 14.8. The highest BCUT2D eigenvalue weighted by atomic mass is 15.4.